The standard InChI is InChI=1S/C16H14Br2ClNO/c17-13-8-12(9-14(18)10-13)16(21)20-15-5-1-3-11(7-15)4-2-6-19/h1,3,5,7-10H,2,4,6H2,(H,20,21). The van der Waals surface area contributed by atoms with Crippen LogP contribution >= 0.6 is 43.5 Å². The molecular weight excluding hydrogens is 417 g/mol. The van der Waals surface area contributed by atoms with Gasteiger partial charge in [-0.15, -0.1) is 11.6 Å². The quantitative estimate of drug-likeness (QED) is 0.611. The number of alkyl halides is 1. The van der Waals surface area contributed by atoms with Gasteiger partial charge < -0.3 is 5.32 Å². The van der Waals surface area contributed by atoms with Gasteiger partial charge in [0.05, 0.1) is 0 Å². The smallest absolute Gasteiger partial charge is 0.255 e. The number of carbonyl (C=O) groups is 1. The molecule has 2 aromatic rings. The van der Waals surface area contributed by atoms with Crippen LogP contribution in [0.15, 0.2) is 51.4 Å². The molecule has 21 heavy (non-hydrogen) atoms. The Hall–Kier alpha value is -0.840. The number of carbonyl (C=O) groups excluding carboxylic acids is 1. The van der Waals surface area contributed by atoms with Crippen molar-refractivity contribution >= 4 is 55.1 Å². The van der Waals surface area contributed by atoms with E-state index in [0.29, 0.717) is 11.4 Å². The molecule has 0 aliphatic heterocycles. The van der Waals surface area contributed by atoms with E-state index in [1.807, 2.05) is 30.3 Å². The molecule has 0 aromatic heterocycles. The summed E-state index contributed by atoms with van der Waals surface area (Å²) >= 11 is 12.5. The number of amides is 1. The van der Waals surface area contributed by atoms with Gasteiger partial charge in [0.15, 0.2) is 0 Å². The molecule has 1 amide bonds. The molecule has 0 aliphatic rings. The van der Waals surface area contributed by atoms with Crippen LogP contribution in [0.4, 0.5) is 5.69 Å². The molecule has 0 unspecified atom stereocenters. The van der Waals surface area contributed by atoms with Crippen molar-refractivity contribution in [2.75, 3.05) is 11.2 Å². The van der Waals surface area contributed by atoms with Crippen LogP contribution in [0.1, 0.15) is 22.3 Å². The Morgan fingerprint density at radius 3 is 2.48 bits per heavy atom. The van der Waals surface area contributed by atoms with Crippen LogP contribution in [0.2, 0.25) is 0 Å². The van der Waals surface area contributed by atoms with Crippen LogP contribution in [0.3, 0.4) is 0 Å². The van der Waals surface area contributed by atoms with E-state index in [0.717, 1.165) is 27.5 Å². The van der Waals surface area contributed by atoms with Crippen molar-refractivity contribution in [1.82, 2.24) is 0 Å². The van der Waals surface area contributed by atoms with Crippen molar-refractivity contribution in [1.29, 1.82) is 0 Å². The fraction of sp³-hybridized carbons (Fsp3) is 0.188. The molecule has 0 saturated carbocycles. The largest absolute Gasteiger partial charge is 0.322 e. The monoisotopic (exact) mass is 429 g/mol. The second kappa shape index (κ2) is 7.97. The van der Waals surface area contributed by atoms with Crippen molar-refractivity contribution in [3.8, 4) is 0 Å². The van der Waals surface area contributed by atoms with Crippen LogP contribution in [0.25, 0.3) is 0 Å². The molecule has 0 saturated heterocycles. The fourth-order valence-electron chi connectivity index (χ4n) is 1.96. The van der Waals surface area contributed by atoms with Crippen molar-refractivity contribution in [3.05, 3.63) is 62.5 Å². The van der Waals surface area contributed by atoms with Crippen LogP contribution in [0, 0.1) is 0 Å². The molecule has 0 heterocycles. The Morgan fingerprint density at radius 2 is 1.81 bits per heavy atom. The van der Waals surface area contributed by atoms with E-state index < -0.39 is 0 Å². The van der Waals surface area contributed by atoms with Gasteiger partial charge in [-0.25, -0.2) is 0 Å². The highest BCUT2D eigenvalue weighted by atomic mass is 79.9. The first-order chi connectivity index (χ1) is 10.1. The van der Waals surface area contributed by atoms with E-state index in [-0.39, 0.29) is 5.91 Å². The van der Waals surface area contributed by atoms with Gasteiger partial charge in [-0.1, -0.05) is 44.0 Å². The lowest BCUT2D eigenvalue weighted by Crippen LogP contribution is -2.12. The molecule has 0 aliphatic carbocycles. The number of benzene rings is 2. The van der Waals surface area contributed by atoms with Crippen molar-refractivity contribution in [2.45, 2.75) is 12.8 Å². The first kappa shape index (κ1) is 16.5. The predicted octanol–water partition coefficient (Wildman–Crippen LogP) is 5.64. The first-order valence-electron chi connectivity index (χ1n) is 6.51. The van der Waals surface area contributed by atoms with E-state index in [1.54, 1.807) is 12.1 Å². The van der Waals surface area contributed by atoms with Gasteiger partial charge >= 0.3 is 0 Å². The topological polar surface area (TPSA) is 29.1 Å². The summed E-state index contributed by atoms with van der Waals surface area (Å²) in [7, 11) is 0. The van der Waals surface area contributed by atoms with Crippen LogP contribution in [0.5, 0.6) is 0 Å². The third-order valence-corrected chi connectivity index (χ3v) is 4.09. The molecule has 1 N–H and O–H groups in total. The lowest BCUT2D eigenvalue weighted by molar-refractivity contribution is 0.102. The highest BCUT2D eigenvalue weighted by Gasteiger charge is 2.08. The van der Waals surface area contributed by atoms with E-state index >= 15 is 0 Å². The van der Waals surface area contributed by atoms with Crippen LogP contribution in [-0.2, 0) is 6.42 Å². The molecule has 0 bridgehead atoms. The SMILES string of the molecule is O=C(Nc1cccc(CCCCl)c1)c1cc(Br)cc(Br)c1. The second-order valence-electron chi connectivity index (χ2n) is 4.61. The van der Waals surface area contributed by atoms with Gasteiger partial charge in [-0.3, -0.25) is 4.79 Å². The van der Waals surface area contributed by atoms with E-state index in [4.69, 9.17) is 11.6 Å². The summed E-state index contributed by atoms with van der Waals surface area (Å²) in [5, 5.41) is 2.92. The number of nitrogens with one attached hydrogen (secondary N) is 1. The molecule has 2 nitrogen and oxygen atoms in total. The molecule has 2 aromatic carbocycles. The summed E-state index contributed by atoms with van der Waals surface area (Å²) in [6.07, 6.45) is 1.84. The Kier molecular flexibility index (Phi) is 6.27. The van der Waals surface area contributed by atoms with Crippen molar-refractivity contribution in [2.24, 2.45) is 0 Å². The lowest BCUT2D eigenvalue weighted by atomic mass is 10.1. The second-order valence-corrected chi connectivity index (χ2v) is 6.81. The van der Waals surface area contributed by atoms with Crippen molar-refractivity contribution in [3.63, 3.8) is 0 Å². The summed E-state index contributed by atoms with van der Waals surface area (Å²) < 4.78 is 1.72. The van der Waals surface area contributed by atoms with Gasteiger partial charge in [-0.2, -0.15) is 0 Å². The number of hydrogen-bond acceptors (Lipinski definition) is 1. The lowest BCUT2D eigenvalue weighted by Gasteiger charge is -2.08. The molecule has 0 atom stereocenters. The Bertz CT molecular complexity index is 626. The summed E-state index contributed by atoms with van der Waals surface area (Å²) in [5.41, 5.74) is 2.56. The van der Waals surface area contributed by atoms with Gasteiger partial charge in [0.2, 0.25) is 0 Å². The Labute approximate surface area is 146 Å². The maximum absolute atomic E-state index is 12.3. The number of rotatable bonds is 5. The molecular formula is C16H14Br2ClNO. The van der Waals surface area contributed by atoms with Gasteiger partial charge in [0.1, 0.15) is 0 Å². The third kappa shape index (κ3) is 5.13. The first-order valence-corrected chi connectivity index (χ1v) is 8.63. The molecule has 0 radical (unpaired) electrons. The zero-order valence-electron chi connectivity index (χ0n) is 11.2. The highest BCUT2D eigenvalue weighted by molar-refractivity contribution is 9.11. The summed E-state index contributed by atoms with van der Waals surface area (Å²) in [6.45, 7) is 0. The highest BCUT2D eigenvalue weighted by Crippen LogP contribution is 2.21. The van der Waals surface area contributed by atoms with Gasteiger partial charge in [-0.05, 0) is 48.7 Å². The molecule has 0 fully saturated rings. The molecule has 0 spiro atoms. The summed E-state index contributed by atoms with van der Waals surface area (Å²) in [6, 6.07) is 13.3. The number of halogens is 3. The minimum atomic E-state index is -0.133. The summed E-state index contributed by atoms with van der Waals surface area (Å²) in [4.78, 5) is 12.3. The zero-order chi connectivity index (χ0) is 15.2. The normalized spacial score (nSPS) is 10.4. The van der Waals surface area contributed by atoms with E-state index in [1.165, 1.54) is 5.56 Å². The zero-order valence-corrected chi connectivity index (χ0v) is 15.1. The number of hydrogen-bond donors (Lipinski definition) is 1. The Morgan fingerprint density at radius 1 is 1.10 bits per heavy atom. The average molecular weight is 432 g/mol. The molecule has 2 rings (SSSR count). The van der Waals surface area contributed by atoms with E-state index in [2.05, 4.69) is 37.2 Å². The predicted molar refractivity (Wildman–Crippen MR) is 95.3 cm³/mol. The van der Waals surface area contributed by atoms with Crippen LogP contribution < -0.4 is 5.32 Å². The van der Waals surface area contributed by atoms with Gasteiger partial charge in [0, 0.05) is 26.1 Å². The van der Waals surface area contributed by atoms with E-state index in [9.17, 15) is 4.79 Å². The maximum atomic E-state index is 12.3. The number of aryl methyl sites for hydroxylation is 1. The minimum Gasteiger partial charge on any atom is -0.322 e. The average Bonchev–Trinajstić information content (AvgIpc) is 2.44. The molecule has 110 valence electrons. The Balaban J connectivity index is 2.11. The number of anilines is 1. The summed E-state index contributed by atoms with van der Waals surface area (Å²) in [5.74, 6) is 0.509. The minimum absolute atomic E-state index is 0.133. The van der Waals surface area contributed by atoms with Crippen molar-refractivity contribution < 1.29 is 4.79 Å². The fourth-order valence-corrected chi connectivity index (χ4v) is 3.39. The maximum Gasteiger partial charge on any atom is 0.255 e. The third-order valence-electron chi connectivity index (χ3n) is 2.91. The van der Waals surface area contributed by atoms with Crippen LogP contribution in [-0.4, -0.2) is 11.8 Å². The van der Waals surface area contributed by atoms with Gasteiger partial charge in [0.25, 0.3) is 5.91 Å². The molecule has 5 heteroatoms.